The van der Waals surface area contributed by atoms with E-state index in [0.717, 1.165) is 16.4 Å². The Morgan fingerprint density at radius 2 is 2.00 bits per heavy atom. The van der Waals surface area contributed by atoms with Crippen LogP contribution in [0.1, 0.15) is 19.8 Å². The Labute approximate surface area is 86.6 Å². The number of hydrogen-bond donors (Lipinski definition) is 0. The molecule has 13 heavy (non-hydrogen) atoms. The molecule has 0 spiro atoms. The van der Waals surface area contributed by atoms with Crippen LogP contribution >= 0.6 is 0 Å². The van der Waals surface area contributed by atoms with Crippen LogP contribution in [0.15, 0.2) is 30.3 Å². The molecular formula is C10H14O2Sn. The van der Waals surface area contributed by atoms with Gasteiger partial charge in [0.05, 0.1) is 0 Å². The van der Waals surface area contributed by atoms with Gasteiger partial charge in [-0.2, -0.15) is 0 Å². The third kappa shape index (κ3) is 4.00. The third-order valence-corrected chi connectivity index (χ3v) is 5.37. The SMILES string of the molecule is CCCC[O][Sn](=[O])[c]1ccccc1. The van der Waals surface area contributed by atoms with Crippen molar-refractivity contribution in [1.82, 2.24) is 0 Å². The van der Waals surface area contributed by atoms with Gasteiger partial charge in [-0.05, 0) is 0 Å². The van der Waals surface area contributed by atoms with Crippen molar-refractivity contribution < 1.29 is 6.15 Å². The van der Waals surface area contributed by atoms with Crippen LogP contribution in [0.3, 0.4) is 0 Å². The van der Waals surface area contributed by atoms with Crippen molar-refractivity contribution in [2.24, 2.45) is 0 Å². The average molecular weight is 285 g/mol. The molecule has 0 aliphatic heterocycles. The normalized spacial score (nSPS) is 9.92. The van der Waals surface area contributed by atoms with Crippen molar-refractivity contribution in [3.8, 4) is 0 Å². The van der Waals surface area contributed by atoms with Gasteiger partial charge in [0.25, 0.3) is 0 Å². The molecule has 0 aliphatic rings. The molecule has 0 heterocycles. The van der Waals surface area contributed by atoms with Crippen LogP contribution < -0.4 is 3.58 Å². The summed E-state index contributed by atoms with van der Waals surface area (Å²) in [7, 11) is 0. The predicted molar refractivity (Wildman–Crippen MR) is 53.4 cm³/mol. The quantitative estimate of drug-likeness (QED) is 0.607. The van der Waals surface area contributed by atoms with E-state index in [1.807, 2.05) is 30.3 Å². The number of benzene rings is 1. The zero-order valence-corrected chi connectivity index (χ0v) is 10.7. The van der Waals surface area contributed by atoms with E-state index >= 15 is 0 Å². The number of hydrogen-bond acceptors (Lipinski definition) is 2. The van der Waals surface area contributed by atoms with Crippen molar-refractivity contribution in [2.75, 3.05) is 6.61 Å². The molecule has 0 atom stereocenters. The zero-order valence-electron chi connectivity index (χ0n) is 7.82. The second-order valence-corrected chi connectivity index (χ2v) is 6.97. The molecule has 2 nitrogen and oxygen atoms in total. The Balaban J connectivity index is 2.40. The number of unbranched alkanes of at least 4 members (excludes halogenated alkanes) is 1. The molecular weight excluding hydrogens is 271 g/mol. The zero-order chi connectivity index (χ0) is 9.52. The fourth-order valence-electron chi connectivity index (χ4n) is 0.967. The average Bonchev–Trinajstić information content (AvgIpc) is 2.19. The van der Waals surface area contributed by atoms with E-state index in [9.17, 15) is 3.08 Å². The van der Waals surface area contributed by atoms with E-state index in [4.69, 9.17) is 3.07 Å². The van der Waals surface area contributed by atoms with Crippen LogP contribution in [-0.2, 0) is 6.15 Å². The molecule has 70 valence electrons. The van der Waals surface area contributed by atoms with E-state index in [1.54, 1.807) is 0 Å². The van der Waals surface area contributed by atoms with Crippen molar-refractivity contribution in [3.05, 3.63) is 30.3 Å². The molecule has 0 amide bonds. The molecule has 0 aliphatic carbocycles. The minimum absolute atomic E-state index is 0.643. The first-order valence-electron chi connectivity index (χ1n) is 4.56. The summed E-state index contributed by atoms with van der Waals surface area (Å²) in [6.07, 6.45) is 2.09. The molecule has 0 saturated heterocycles. The van der Waals surface area contributed by atoms with Gasteiger partial charge in [-0.1, -0.05) is 0 Å². The van der Waals surface area contributed by atoms with E-state index < -0.39 is 20.2 Å². The summed E-state index contributed by atoms with van der Waals surface area (Å²) in [5, 5.41) is 0. The van der Waals surface area contributed by atoms with Gasteiger partial charge >= 0.3 is 86.6 Å². The molecule has 0 fully saturated rings. The summed E-state index contributed by atoms with van der Waals surface area (Å²) in [4.78, 5) is 0. The first-order chi connectivity index (χ1) is 6.34. The first-order valence-corrected chi connectivity index (χ1v) is 8.32. The summed E-state index contributed by atoms with van der Waals surface area (Å²) in [5.41, 5.74) is 0. The maximum atomic E-state index is 11.6. The van der Waals surface area contributed by atoms with Crippen LogP contribution in [0.25, 0.3) is 0 Å². The van der Waals surface area contributed by atoms with Gasteiger partial charge in [0.2, 0.25) is 0 Å². The van der Waals surface area contributed by atoms with Crippen molar-refractivity contribution >= 4 is 23.7 Å². The Morgan fingerprint density at radius 1 is 1.31 bits per heavy atom. The monoisotopic (exact) mass is 286 g/mol. The molecule has 0 N–H and O–H groups in total. The molecule has 1 aromatic carbocycles. The molecule has 0 aromatic heterocycles. The molecule has 3 heteroatoms. The molecule has 0 unspecified atom stereocenters. The van der Waals surface area contributed by atoms with Crippen molar-refractivity contribution in [3.63, 3.8) is 0 Å². The summed E-state index contributed by atoms with van der Waals surface area (Å²) >= 11 is -2.89. The van der Waals surface area contributed by atoms with Crippen LogP contribution in [0, 0.1) is 0 Å². The second-order valence-electron chi connectivity index (χ2n) is 2.86. The minimum atomic E-state index is -2.89. The third-order valence-electron chi connectivity index (χ3n) is 1.74. The van der Waals surface area contributed by atoms with Gasteiger partial charge in [0.1, 0.15) is 0 Å². The Morgan fingerprint density at radius 3 is 2.62 bits per heavy atom. The standard InChI is InChI=1S/C6H5.C4H9O.O.Sn/c1-2-4-6-5-3-1;1-2-3-4-5;;/h1-5H;2-4H2,1H3;;/q;-1;;+1. The van der Waals surface area contributed by atoms with E-state index in [1.165, 1.54) is 0 Å². The van der Waals surface area contributed by atoms with E-state index in [0.29, 0.717) is 6.61 Å². The van der Waals surface area contributed by atoms with Crippen molar-refractivity contribution in [1.29, 1.82) is 0 Å². The molecule has 0 radical (unpaired) electrons. The fraction of sp³-hybridized carbons (Fsp3) is 0.400. The maximum absolute atomic E-state index is 11.6. The Bertz CT molecular complexity index is 259. The van der Waals surface area contributed by atoms with Crippen LogP contribution in [0.4, 0.5) is 0 Å². The van der Waals surface area contributed by atoms with Gasteiger partial charge in [-0.25, -0.2) is 0 Å². The molecule has 1 rings (SSSR count). The van der Waals surface area contributed by atoms with Gasteiger partial charge < -0.3 is 0 Å². The summed E-state index contributed by atoms with van der Waals surface area (Å²) in [6, 6.07) is 9.49. The summed E-state index contributed by atoms with van der Waals surface area (Å²) in [6.45, 7) is 2.74. The molecule has 1 aromatic rings. The van der Waals surface area contributed by atoms with Crippen molar-refractivity contribution in [2.45, 2.75) is 19.8 Å². The topological polar surface area (TPSA) is 26.3 Å². The van der Waals surface area contributed by atoms with E-state index in [-0.39, 0.29) is 0 Å². The van der Waals surface area contributed by atoms with Gasteiger partial charge in [0, 0.05) is 0 Å². The molecule has 0 bridgehead atoms. The van der Waals surface area contributed by atoms with Gasteiger partial charge in [0.15, 0.2) is 0 Å². The Kier molecular flexibility index (Phi) is 5.23. The predicted octanol–water partition coefficient (Wildman–Crippen LogP) is 1.63. The van der Waals surface area contributed by atoms with Gasteiger partial charge in [-0.15, -0.1) is 0 Å². The second kappa shape index (κ2) is 6.27. The van der Waals surface area contributed by atoms with Crippen LogP contribution in [0.2, 0.25) is 0 Å². The van der Waals surface area contributed by atoms with Gasteiger partial charge in [-0.3, -0.25) is 0 Å². The fourth-order valence-corrected chi connectivity index (χ4v) is 3.71. The first kappa shape index (κ1) is 10.9. The summed E-state index contributed by atoms with van der Waals surface area (Å²) < 4.78 is 17.8. The van der Waals surface area contributed by atoms with E-state index in [2.05, 4.69) is 6.92 Å². The Hall–Kier alpha value is -0.221. The number of rotatable bonds is 5. The summed E-state index contributed by atoms with van der Waals surface area (Å²) in [5.74, 6) is 0. The van der Waals surface area contributed by atoms with Crippen LogP contribution in [0.5, 0.6) is 0 Å². The van der Waals surface area contributed by atoms with Crippen LogP contribution in [-0.4, -0.2) is 26.8 Å². The molecule has 0 saturated carbocycles.